The summed E-state index contributed by atoms with van der Waals surface area (Å²) in [5, 5.41) is 15.5. The lowest BCUT2D eigenvalue weighted by Crippen LogP contribution is -2.35. The van der Waals surface area contributed by atoms with E-state index in [0.717, 1.165) is 27.0 Å². The van der Waals surface area contributed by atoms with Gasteiger partial charge >= 0.3 is 0 Å². The second-order valence-electron chi connectivity index (χ2n) is 6.32. The van der Waals surface area contributed by atoms with Gasteiger partial charge in [0.1, 0.15) is 0 Å². The van der Waals surface area contributed by atoms with Crippen molar-refractivity contribution in [2.75, 3.05) is 6.26 Å². The molecule has 29 heavy (non-hydrogen) atoms. The van der Waals surface area contributed by atoms with E-state index in [4.69, 9.17) is 28.6 Å². The van der Waals surface area contributed by atoms with Crippen LogP contribution in [0.4, 0.5) is 0 Å². The highest BCUT2D eigenvalue weighted by molar-refractivity contribution is 8.45. The maximum atomic E-state index is 12.6. The third-order valence-electron chi connectivity index (χ3n) is 4.55. The first-order valence-electron chi connectivity index (χ1n) is 8.49. The zero-order valence-corrected chi connectivity index (χ0v) is 18.8. The summed E-state index contributed by atoms with van der Waals surface area (Å²) in [5.74, 6) is -0.431. The summed E-state index contributed by atoms with van der Waals surface area (Å²) in [6.07, 6.45) is 3.57. The Morgan fingerprint density at radius 3 is 2.76 bits per heavy atom. The first kappa shape index (κ1) is 20.3. The van der Waals surface area contributed by atoms with Gasteiger partial charge in [-0.1, -0.05) is 29.3 Å². The summed E-state index contributed by atoms with van der Waals surface area (Å²) in [6, 6.07) is 7.40. The number of amides is 1. The number of nitrogens with one attached hydrogen (secondary N) is 1. The van der Waals surface area contributed by atoms with Crippen LogP contribution in [0.25, 0.3) is 11.8 Å². The molecule has 0 spiro atoms. The Morgan fingerprint density at radius 2 is 2.03 bits per heavy atom. The van der Waals surface area contributed by atoms with Gasteiger partial charge in [0.2, 0.25) is 5.17 Å². The molecule has 0 unspecified atom stereocenters. The van der Waals surface area contributed by atoms with E-state index in [1.807, 2.05) is 42.9 Å². The second-order valence-corrected chi connectivity index (χ2v) is 9.12. The number of hydrogen-bond donors (Lipinski definition) is 1. The molecule has 1 aromatic heterocycles. The average molecular weight is 464 g/mol. The van der Waals surface area contributed by atoms with Crippen LogP contribution in [0.3, 0.4) is 0 Å². The normalized spacial score (nSPS) is 17.7. The highest BCUT2D eigenvalue weighted by atomic mass is 35.5. The maximum Gasteiger partial charge on any atom is 0.283 e. The van der Waals surface area contributed by atoms with Crippen molar-refractivity contribution in [3.05, 3.63) is 56.8 Å². The van der Waals surface area contributed by atoms with Crippen LogP contribution in [0.5, 0.6) is 0 Å². The minimum atomic E-state index is -0.447. The molecule has 1 amide bonds. The number of aromatic nitrogens is 1. The molecule has 0 fully saturated rings. The molecular formula is C19H15Cl2N5OS2. The van der Waals surface area contributed by atoms with Crippen molar-refractivity contribution in [2.24, 2.45) is 10.1 Å². The smallest absolute Gasteiger partial charge is 0.283 e. The van der Waals surface area contributed by atoms with Gasteiger partial charge in [-0.15, -0.1) is 16.9 Å². The number of hydrogen-bond acceptors (Lipinski definition) is 5. The van der Waals surface area contributed by atoms with Crippen LogP contribution in [-0.4, -0.2) is 37.1 Å². The molecule has 0 bridgehead atoms. The zero-order chi connectivity index (χ0) is 20.9. The molecule has 0 saturated carbocycles. The summed E-state index contributed by atoms with van der Waals surface area (Å²) < 4.78 is 2.72. The Kier molecular flexibility index (Phi) is 5.37. The van der Waals surface area contributed by atoms with Crippen molar-refractivity contribution >= 4 is 74.1 Å². The van der Waals surface area contributed by atoms with Gasteiger partial charge in [0.25, 0.3) is 5.91 Å². The number of thioether (sulfide) groups is 2. The van der Waals surface area contributed by atoms with Crippen LogP contribution in [0, 0.1) is 19.3 Å². The summed E-state index contributed by atoms with van der Waals surface area (Å²) in [6.45, 7) is 3.88. The monoisotopic (exact) mass is 463 g/mol. The molecule has 2 aromatic rings. The Balaban J connectivity index is 1.78. The van der Waals surface area contributed by atoms with Crippen molar-refractivity contribution in [1.82, 2.24) is 9.58 Å². The van der Waals surface area contributed by atoms with Gasteiger partial charge in [0.15, 0.2) is 10.2 Å². The van der Waals surface area contributed by atoms with E-state index in [0.29, 0.717) is 15.2 Å². The Morgan fingerprint density at radius 1 is 1.28 bits per heavy atom. The number of amidine groups is 2. The van der Waals surface area contributed by atoms with E-state index in [1.54, 1.807) is 12.1 Å². The van der Waals surface area contributed by atoms with Crippen molar-refractivity contribution < 1.29 is 4.79 Å². The number of hydrazone groups is 1. The first-order valence-corrected chi connectivity index (χ1v) is 11.3. The van der Waals surface area contributed by atoms with E-state index in [9.17, 15) is 4.79 Å². The van der Waals surface area contributed by atoms with Crippen LogP contribution >= 0.6 is 46.7 Å². The van der Waals surface area contributed by atoms with Gasteiger partial charge in [-0.3, -0.25) is 10.2 Å². The third kappa shape index (κ3) is 3.44. The average Bonchev–Trinajstić information content (AvgIpc) is 3.22. The van der Waals surface area contributed by atoms with E-state index in [1.165, 1.54) is 28.5 Å². The maximum absolute atomic E-state index is 12.6. The molecule has 1 aromatic carbocycles. The number of aryl methyl sites for hydroxylation is 1. The van der Waals surface area contributed by atoms with Gasteiger partial charge in [0, 0.05) is 11.4 Å². The fraction of sp³-hybridized carbons (Fsp3) is 0.158. The number of aliphatic imine (C=N–C) groups is 1. The van der Waals surface area contributed by atoms with Crippen LogP contribution in [-0.2, 0) is 4.79 Å². The van der Waals surface area contributed by atoms with E-state index in [2.05, 4.69) is 10.1 Å². The number of halogens is 2. The standard InChI is InChI=1S/C19H15Cl2N5OS2/c1-9-7-11(10(2)25(9)14-6-4-5-13(20)15(14)21)8-12-16(22)26-18(23-17(12)27)29-19(24-26)28-3/h4-8,22H,1-3H3/b12-8-,22-16?. The summed E-state index contributed by atoms with van der Waals surface area (Å²) in [4.78, 5) is 16.7. The fourth-order valence-electron chi connectivity index (χ4n) is 3.18. The van der Waals surface area contributed by atoms with Gasteiger partial charge in [-0.05, 0) is 61.7 Å². The highest BCUT2D eigenvalue weighted by Gasteiger charge is 2.35. The molecule has 148 valence electrons. The van der Waals surface area contributed by atoms with E-state index in [-0.39, 0.29) is 11.4 Å². The Hall–Kier alpha value is -2.00. The number of carbonyl (C=O) groups is 1. The number of benzene rings is 1. The number of nitrogens with zero attached hydrogens (tertiary/aromatic N) is 4. The number of rotatable bonds is 2. The predicted octanol–water partition coefficient (Wildman–Crippen LogP) is 5.34. The number of fused-ring (bicyclic) bond motifs is 1. The van der Waals surface area contributed by atoms with E-state index >= 15 is 0 Å². The molecule has 2 aliphatic heterocycles. The summed E-state index contributed by atoms with van der Waals surface area (Å²) >= 11 is 15.3. The molecule has 3 heterocycles. The molecule has 0 aliphatic carbocycles. The minimum Gasteiger partial charge on any atom is -0.316 e. The quantitative estimate of drug-likeness (QED) is 0.609. The van der Waals surface area contributed by atoms with Crippen LogP contribution in [0.2, 0.25) is 10.0 Å². The second kappa shape index (κ2) is 7.68. The highest BCUT2D eigenvalue weighted by Crippen LogP contribution is 2.34. The Labute approximate surface area is 186 Å². The topological polar surface area (TPSA) is 73.8 Å². The van der Waals surface area contributed by atoms with Crippen molar-refractivity contribution in [2.45, 2.75) is 13.8 Å². The SMILES string of the molecule is CSC1=NN2C(=N)/C(=C/c3cc(C)n(-c4cccc(Cl)c4Cl)c3C)C(=O)N=C2S1. The van der Waals surface area contributed by atoms with Crippen molar-refractivity contribution in [3.63, 3.8) is 0 Å². The number of carbonyl (C=O) groups excluding carboxylic acids is 1. The third-order valence-corrected chi connectivity index (χ3v) is 7.25. The minimum absolute atomic E-state index is 0.0159. The van der Waals surface area contributed by atoms with Crippen LogP contribution in [0.1, 0.15) is 17.0 Å². The van der Waals surface area contributed by atoms with Crippen molar-refractivity contribution in [1.29, 1.82) is 5.41 Å². The van der Waals surface area contributed by atoms with Gasteiger partial charge in [-0.25, -0.2) is 0 Å². The largest absolute Gasteiger partial charge is 0.316 e. The lowest BCUT2D eigenvalue weighted by atomic mass is 10.1. The molecule has 0 saturated heterocycles. The van der Waals surface area contributed by atoms with Crippen molar-refractivity contribution in [3.8, 4) is 5.69 Å². The zero-order valence-electron chi connectivity index (χ0n) is 15.7. The Bertz CT molecular complexity index is 1170. The fourth-order valence-corrected chi connectivity index (χ4v) is 4.91. The molecule has 2 aliphatic rings. The van der Waals surface area contributed by atoms with Crippen LogP contribution < -0.4 is 0 Å². The molecule has 4 rings (SSSR count). The lowest BCUT2D eigenvalue weighted by molar-refractivity contribution is -0.114. The van der Waals surface area contributed by atoms with Gasteiger partial charge < -0.3 is 4.57 Å². The predicted molar refractivity (Wildman–Crippen MR) is 124 cm³/mol. The van der Waals surface area contributed by atoms with Crippen LogP contribution in [0.15, 0.2) is 39.9 Å². The molecule has 6 nitrogen and oxygen atoms in total. The summed E-state index contributed by atoms with van der Waals surface area (Å²) in [5.41, 5.74) is 3.55. The first-order chi connectivity index (χ1) is 13.8. The molecule has 0 radical (unpaired) electrons. The summed E-state index contributed by atoms with van der Waals surface area (Å²) in [7, 11) is 0. The molecule has 10 heteroatoms. The van der Waals surface area contributed by atoms with E-state index < -0.39 is 5.91 Å². The van der Waals surface area contributed by atoms with Gasteiger partial charge in [-0.2, -0.15) is 10.0 Å². The lowest BCUT2D eigenvalue weighted by Gasteiger charge is -2.20. The molecule has 1 N–H and O–H groups in total. The molecule has 0 atom stereocenters. The van der Waals surface area contributed by atoms with Gasteiger partial charge in [0.05, 0.1) is 21.3 Å². The molecular weight excluding hydrogens is 449 g/mol.